The van der Waals surface area contributed by atoms with E-state index in [2.05, 4.69) is 20.4 Å². The molecule has 0 aromatic carbocycles. The largest absolute Gasteiger partial charge is 0.123 e. The maximum atomic E-state index is 5.85. The highest BCUT2D eigenvalue weighted by Gasteiger charge is 2.05. The fraction of sp³-hybridized carbons (Fsp3) is 0.800. The van der Waals surface area contributed by atoms with Crippen molar-refractivity contribution in [1.82, 2.24) is 0 Å². The third-order valence-corrected chi connectivity index (χ3v) is 2.27. The van der Waals surface area contributed by atoms with Gasteiger partial charge in [-0.1, -0.05) is 19.4 Å². The molecule has 0 spiro atoms. The van der Waals surface area contributed by atoms with Crippen LogP contribution in [-0.2, 0) is 0 Å². The fourth-order valence-corrected chi connectivity index (χ4v) is 1.32. The number of hydrogen-bond acceptors (Lipinski definition) is 0. The highest BCUT2D eigenvalue weighted by Crippen LogP contribution is 2.18. The molecular formula is C10H19Cl. The molecule has 0 aliphatic carbocycles. The molecule has 0 aliphatic rings. The van der Waals surface area contributed by atoms with Crippen molar-refractivity contribution in [3.8, 4) is 0 Å². The van der Waals surface area contributed by atoms with E-state index in [9.17, 15) is 0 Å². The summed E-state index contributed by atoms with van der Waals surface area (Å²) in [7, 11) is 0. The van der Waals surface area contributed by atoms with Gasteiger partial charge in [0.25, 0.3) is 0 Å². The molecular weight excluding hydrogens is 156 g/mol. The molecule has 0 bridgehead atoms. The molecule has 0 aromatic heterocycles. The molecule has 0 aliphatic heterocycles. The SMILES string of the molecule is C=CCC(CC)CCC(C)Cl. The van der Waals surface area contributed by atoms with Crippen LogP contribution in [0.5, 0.6) is 0 Å². The van der Waals surface area contributed by atoms with Gasteiger partial charge in [-0.15, -0.1) is 18.2 Å². The van der Waals surface area contributed by atoms with Crippen molar-refractivity contribution < 1.29 is 0 Å². The van der Waals surface area contributed by atoms with E-state index in [4.69, 9.17) is 11.6 Å². The van der Waals surface area contributed by atoms with Crippen molar-refractivity contribution in [1.29, 1.82) is 0 Å². The van der Waals surface area contributed by atoms with E-state index in [1.807, 2.05) is 6.08 Å². The van der Waals surface area contributed by atoms with Crippen LogP contribution in [0.3, 0.4) is 0 Å². The summed E-state index contributed by atoms with van der Waals surface area (Å²) in [5.41, 5.74) is 0. The first-order valence-corrected chi connectivity index (χ1v) is 4.89. The Bertz CT molecular complexity index is 97.0. The second-order valence-electron chi connectivity index (χ2n) is 3.16. The summed E-state index contributed by atoms with van der Waals surface area (Å²) in [5.74, 6) is 0.800. The second kappa shape index (κ2) is 6.72. The minimum Gasteiger partial charge on any atom is -0.123 e. The smallest absolute Gasteiger partial charge is 0.0307 e. The zero-order valence-corrected chi connectivity index (χ0v) is 8.40. The van der Waals surface area contributed by atoms with E-state index in [0.29, 0.717) is 5.38 Å². The number of rotatable bonds is 6. The molecule has 0 heterocycles. The predicted molar refractivity (Wildman–Crippen MR) is 53.1 cm³/mol. The summed E-state index contributed by atoms with van der Waals surface area (Å²) in [4.78, 5) is 0. The lowest BCUT2D eigenvalue weighted by molar-refractivity contribution is 0.458. The Morgan fingerprint density at radius 1 is 1.45 bits per heavy atom. The van der Waals surface area contributed by atoms with Gasteiger partial charge in [-0.25, -0.2) is 0 Å². The van der Waals surface area contributed by atoms with Gasteiger partial charge < -0.3 is 0 Å². The lowest BCUT2D eigenvalue weighted by Gasteiger charge is -2.12. The maximum Gasteiger partial charge on any atom is 0.0307 e. The van der Waals surface area contributed by atoms with Crippen molar-refractivity contribution in [3.05, 3.63) is 12.7 Å². The Balaban J connectivity index is 3.43. The van der Waals surface area contributed by atoms with E-state index >= 15 is 0 Å². The van der Waals surface area contributed by atoms with Crippen LogP contribution in [0.25, 0.3) is 0 Å². The van der Waals surface area contributed by atoms with Crippen molar-refractivity contribution in [2.75, 3.05) is 0 Å². The average Bonchev–Trinajstić information content (AvgIpc) is 1.97. The van der Waals surface area contributed by atoms with Crippen LogP contribution in [0.4, 0.5) is 0 Å². The van der Waals surface area contributed by atoms with Gasteiger partial charge in [0, 0.05) is 5.38 Å². The number of halogens is 1. The summed E-state index contributed by atoms with van der Waals surface area (Å²) >= 11 is 5.85. The summed E-state index contributed by atoms with van der Waals surface area (Å²) < 4.78 is 0. The Morgan fingerprint density at radius 3 is 2.45 bits per heavy atom. The quantitative estimate of drug-likeness (QED) is 0.422. The minimum absolute atomic E-state index is 0.328. The van der Waals surface area contributed by atoms with Gasteiger partial charge in [-0.3, -0.25) is 0 Å². The van der Waals surface area contributed by atoms with Crippen molar-refractivity contribution in [2.45, 2.75) is 44.9 Å². The molecule has 0 fully saturated rings. The lowest BCUT2D eigenvalue weighted by Crippen LogP contribution is -2.00. The van der Waals surface area contributed by atoms with Gasteiger partial charge in [0.2, 0.25) is 0 Å². The van der Waals surface area contributed by atoms with E-state index in [0.717, 1.165) is 18.8 Å². The van der Waals surface area contributed by atoms with Gasteiger partial charge in [-0.05, 0) is 32.1 Å². The zero-order valence-electron chi connectivity index (χ0n) is 7.65. The molecule has 2 unspecified atom stereocenters. The van der Waals surface area contributed by atoms with Gasteiger partial charge in [0.15, 0.2) is 0 Å². The first kappa shape index (κ1) is 11.0. The molecule has 0 saturated heterocycles. The van der Waals surface area contributed by atoms with E-state index in [-0.39, 0.29) is 0 Å². The molecule has 0 rings (SSSR count). The first-order chi connectivity index (χ1) is 5.20. The van der Waals surface area contributed by atoms with Gasteiger partial charge in [0.1, 0.15) is 0 Å². The van der Waals surface area contributed by atoms with E-state index < -0.39 is 0 Å². The monoisotopic (exact) mass is 174 g/mol. The summed E-state index contributed by atoms with van der Waals surface area (Å²) in [5, 5.41) is 0.328. The Kier molecular flexibility index (Phi) is 6.74. The average molecular weight is 175 g/mol. The first-order valence-electron chi connectivity index (χ1n) is 4.45. The highest BCUT2D eigenvalue weighted by atomic mass is 35.5. The van der Waals surface area contributed by atoms with E-state index in [1.54, 1.807) is 0 Å². The predicted octanol–water partition coefficient (Wildman–Crippen LogP) is 4.00. The van der Waals surface area contributed by atoms with Crippen molar-refractivity contribution in [2.24, 2.45) is 5.92 Å². The summed E-state index contributed by atoms with van der Waals surface area (Å²) in [6.45, 7) is 8.03. The molecule has 66 valence electrons. The van der Waals surface area contributed by atoms with Gasteiger partial charge in [-0.2, -0.15) is 0 Å². The van der Waals surface area contributed by atoms with Crippen LogP contribution >= 0.6 is 11.6 Å². The molecule has 0 radical (unpaired) electrons. The topological polar surface area (TPSA) is 0 Å². The van der Waals surface area contributed by atoms with Crippen LogP contribution in [0.1, 0.15) is 39.5 Å². The van der Waals surface area contributed by atoms with Crippen molar-refractivity contribution >= 4 is 11.6 Å². The standard InChI is InChI=1S/C10H19Cl/c1-4-6-10(5-2)8-7-9(3)11/h4,9-10H,1,5-8H2,2-3H3. The van der Waals surface area contributed by atoms with Crippen LogP contribution in [0, 0.1) is 5.92 Å². The number of allylic oxidation sites excluding steroid dienone is 1. The third-order valence-electron chi connectivity index (χ3n) is 2.05. The van der Waals surface area contributed by atoms with Gasteiger partial charge in [0.05, 0.1) is 0 Å². The maximum absolute atomic E-state index is 5.85. The van der Waals surface area contributed by atoms with Crippen LogP contribution in [-0.4, -0.2) is 5.38 Å². The molecule has 0 saturated carbocycles. The van der Waals surface area contributed by atoms with E-state index in [1.165, 1.54) is 12.8 Å². The molecule has 0 N–H and O–H groups in total. The lowest BCUT2D eigenvalue weighted by atomic mass is 9.96. The molecule has 0 amide bonds. The highest BCUT2D eigenvalue weighted by molar-refractivity contribution is 6.20. The van der Waals surface area contributed by atoms with Crippen LogP contribution in [0.15, 0.2) is 12.7 Å². The number of hydrogen-bond donors (Lipinski definition) is 0. The fourth-order valence-electron chi connectivity index (χ4n) is 1.19. The molecule has 11 heavy (non-hydrogen) atoms. The van der Waals surface area contributed by atoms with Gasteiger partial charge >= 0.3 is 0 Å². The zero-order chi connectivity index (χ0) is 8.69. The number of alkyl halides is 1. The van der Waals surface area contributed by atoms with Crippen LogP contribution in [0.2, 0.25) is 0 Å². The molecule has 0 aromatic rings. The Morgan fingerprint density at radius 2 is 2.09 bits per heavy atom. The summed E-state index contributed by atoms with van der Waals surface area (Å²) in [6.07, 6.45) is 6.77. The Labute approximate surface area is 75.6 Å². The normalized spacial score (nSPS) is 15.9. The molecule has 0 nitrogen and oxygen atoms in total. The molecule has 1 heteroatoms. The van der Waals surface area contributed by atoms with Crippen LogP contribution < -0.4 is 0 Å². The Hall–Kier alpha value is 0.0300. The molecule has 2 atom stereocenters. The third kappa shape index (κ3) is 6.43. The minimum atomic E-state index is 0.328. The summed E-state index contributed by atoms with van der Waals surface area (Å²) in [6, 6.07) is 0. The second-order valence-corrected chi connectivity index (χ2v) is 3.90. The van der Waals surface area contributed by atoms with Crippen molar-refractivity contribution in [3.63, 3.8) is 0 Å².